The van der Waals surface area contributed by atoms with Gasteiger partial charge in [0.2, 0.25) is 0 Å². The molecule has 0 unspecified atom stereocenters. The molecule has 1 aromatic rings. The summed E-state index contributed by atoms with van der Waals surface area (Å²) in [6, 6.07) is 6.03. The van der Waals surface area contributed by atoms with E-state index in [0.29, 0.717) is 24.9 Å². The lowest BCUT2D eigenvalue weighted by Crippen LogP contribution is -2.40. The van der Waals surface area contributed by atoms with Gasteiger partial charge in [0.05, 0.1) is 6.61 Å². The van der Waals surface area contributed by atoms with E-state index in [1.807, 2.05) is 0 Å². The van der Waals surface area contributed by atoms with E-state index in [1.54, 1.807) is 12.1 Å². The molecule has 2 N–H and O–H groups in total. The van der Waals surface area contributed by atoms with Crippen molar-refractivity contribution in [2.24, 2.45) is 10.7 Å². The maximum atomic E-state index is 12.7. The van der Waals surface area contributed by atoms with E-state index in [4.69, 9.17) is 10.5 Å². The fourth-order valence-corrected chi connectivity index (χ4v) is 2.20. The standard InChI is InChI=1S/C15H22FN3O.HI/c16-13-5-7-14(8-6-13)20-12-4-9-18-15(17)19-10-2-1-3-11-19;/h5-8H,1-4,9-12H2,(H2,17,18);1H. The molecule has 1 fully saturated rings. The highest BCUT2D eigenvalue weighted by atomic mass is 127. The largest absolute Gasteiger partial charge is 0.494 e. The van der Waals surface area contributed by atoms with Gasteiger partial charge in [0.25, 0.3) is 0 Å². The molecular weight excluding hydrogens is 384 g/mol. The van der Waals surface area contributed by atoms with E-state index in [1.165, 1.54) is 31.4 Å². The summed E-state index contributed by atoms with van der Waals surface area (Å²) in [5.41, 5.74) is 5.95. The summed E-state index contributed by atoms with van der Waals surface area (Å²) in [7, 11) is 0. The Kier molecular flexibility index (Phi) is 8.41. The zero-order chi connectivity index (χ0) is 14.2. The van der Waals surface area contributed by atoms with Crippen LogP contribution in [-0.2, 0) is 0 Å². The molecule has 4 nitrogen and oxygen atoms in total. The van der Waals surface area contributed by atoms with Gasteiger partial charge in [-0.15, -0.1) is 24.0 Å². The smallest absolute Gasteiger partial charge is 0.191 e. The van der Waals surface area contributed by atoms with Crippen molar-refractivity contribution in [2.75, 3.05) is 26.2 Å². The zero-order valence-corrected chi connectivity index (χ0v) is 14.5. The van der Waals surface area contributed by atoms with Gasteiger partial charge in [-0.1, -0.05) is 0 Å². The molecule has 118 valence electrons. The molecule has 0 aromatic heterocycles. The van der Waals surface area contributed by atoms with E-state index in [-0.39, 0.29) is 29.8 Å². The van der Waals surface area contributed by atoms with Gasteiger partial charge in [-0.3, -0.25) is 4.99 Å². The second-order valence-electron chi connectivity index (χ2n) is 4.94. The van der Waals surface area contributed by atoms with E-state index in [0.717, 1.165) is 19.5 Å². The Balaban J connectivity index is 0.00000220. The fraction of sp³-hybridized carbons (Fsp3) is 0.533. The van der Waals surface area contributed by atoms with Crippen LogP contribution >= 0.6 is 24.0 Å². The first-order valence-electron chi connectivity index (χ1n) is 7.19. The van der Waals surface area contributed by atoms with E-state index >= 15 is 0 Å². The summed E-state index contributed by atoms with van der Waals surface area (Å²) in [5, 5.41) is 0. The molecule has 21 heavy (non-hydrogen) atoms. The van der Waals surface area contributed by atoms with Crippen LogP contribution in [-0.4, -0.2) is 37.1 Å². The number of aliphatic imine (C=N–C) groups is 1. The summed E-state index contributed by atoms with van der Waals surface area (Å²) < 4.78 is 18.2. The minimum Gasteiger partial charge on any atom is -0.494 e. The molecule has 1 aromatic carbocycles. The number of guanidine groups is 1. The fourth-order valence-electron chi connectivity index (χ4n) is 2.20. The lowest BCUT2D eigenvalue weighted by atomic mass is 10.1. The average molecular weight is 407 g/mol. The topological polar surface area (TPSA) is 50.9 Å². The van der Waals surface area contributed by atoms with Gasteiger partial charge in [-0.2, -0.15) is 0 Å². The molecular formula is C15H23FIN3O. The molecule has 1 aliphatic heterocycles. The quantitative estimate of drug-likeness (QED) is 0.354. The van der Waals surface area contributed by atoms with Crippen LogP contribution in [0.4, 0.5) is 4.39 Å². The van der Waals surface area contributed by atoms with Crippen LogP contribution in [0.3, 0.4) is 0 Å². The Bertz CT molecular complexity index is 433. The third-order valence-corrected chi connectivity index (χ3v) is 3.34. The van der Waals surface area contributed by atoms with Crippen LogP contribution in [0.15, 0.2) is 29.3 Å². The highest BCUT2D eigenvalue weighted by molar-refractivity contribution is 14.0. The third kappa shape index (κ3) is 6.50. The molecule has 2 rings (SSSR count). The summed E-state index contributed by atoms with van der Waals surface area (Å²) in [4.78, 5) is 6.52. The maximum Gasteiger partial charge on any atom is 0.191 e. The van der Waals surface area contributed by atoms with Crippen molar-refractivity contribution in [3.63, 3.8) is 0 Å². The van der Waals surface area contributed by atoms with Crippen molar-refractivity contribution in [2.45, 2.75) is 25.7 Å². The summed E-state index contributed by atoms with van der Waals surface area (Å²) >= 11 is 0. The van der Waals surface area contributed by atoms with Crippen molar-refractivity contribution >= 4 is 29.9 Å². The first-order chi connectivity index (χ1) is 9.75. The number of hydrogen-bond donors (Lipinski definition) is 1. The molecule has 1 saturated heterocycles. The highest BCUT2D eigenvalue weighted by Gasteiger charge is 2.11. The Morgan fingerprint density at radius 1 is 1.19 bits per heavy atom. The molecule has 0 atom stereocenters. The van der Waals surface area contributed by atoms with Crippen LogP contribution in [0.5, 0.6) is 5.75 Å². The lowest BCUT2D eigenvalue weighted by molar-refractivity contribution is 0.311. The van der Waals surface area contributed by atoms with Gasteiger partial charge in [0.1, 0.15) is 11.6 Å². The molecule has 0 amide bonds. The highest BCUT2D eigenvalue weighted by Crippen LogP contribution is 2.11. The van der Waals surface area contributed by atoms with E-state index < -0.39 is 0 Å². The lowest BCUT2D eigenvalue weighted by Gasteiger charge is -2.27. The van der Waals surface area contributed by atoms with Crippen molar-refractivity contribution in [3.05, 3.63) is 30.1 Å². The number of likely N-dealkylation sites (tertiary alicyclic amines) is 1. The van der Waals surface area contributed by atoms with Crippen molar-refractivity contribution in [3.8, 4) is 5.75 Å². The molecule has 0 bridgehead atoms. The molecule has 0 aliphatic carbocycles. The number of halogens is 2. The Hall–Kier alpha value is -1.05. The average Bonchev–Trinajstić information content (AvgIpc) is 2.49. The second-order valence-corrected chi connectivity index (χ2v) is 4.94. The van der Waals surface area contributed by atoms with Gasteiger partial charge >= 0.3 is 0 Å². The predicted molar refractivity (Wildman–Crippen MR) is 93.8 cm³/mol. The number of ether oxygens (including phenoxy) is 1. The number of piperidine rings is 1. The van der Waals surface area contributed by atoms with Crippen molar-refractivity contribution in [1.29, 1.82) is 0 Å². The number of nitrogens with two attached hydrogens (primary N) is 1. The molecule has 0 radical (unpaired) electrons. The number of benzene rings is 1. The first kappa shape index (κ1) is 18.0. The normalized spacial score (nSPS) is 15.5. The summed E-state index contributed by atoms with van der Waals surface area (Å²) in [6.45, 7) is 3.24. The van der Waals surface area contributed by atoms with Crippen LogP contribution in [0, 0.1) is 5.82 Å². The van der Waals surface area contributed by atoms with Crippen LogP contribution in [0.25, 0.3) is 0 Å². The summed E-state index contributed by atoms with van der Waals surface area (Å²) in [5.74, 6) is 1.07. The molecule has 1 heterocycles. The SMILES string of the molecule is I.NC(=NCCCOc1ccc(F)cc1)N1CCCCC1. The molecule has 6 heteroatoms. The Morgan fingerprint density at radius 2 is 1.86 bits per heavy atom. The molecule has 1 aliphatic rings. The van der Waals surface area contributed by atoms with Gasteiger partial charge in [-0.05, 0) is 43.5 Å². The minimum absolute atomic E-state index is 0. The zero-order valence-electron chi connectivity index (χ0n) is 12.1. The first-order valence-corrected chi connectivity index (χ1v) is 7.19. The van der Waals surface area contributed by atoms with Gasteiger partial charge in [0.15, 0.2) is 5.96 Å². The minimum atomic E-state index is -0.253. The molecule has 0 saturated carbocycles. The van der Waals surface area contributed by atoms with Crippen molar-refractivity contribution < 1.29 is 9.13 Å². The second kappa shape index (κ2) is 9.81. The monoisotopic (exact) mass is 407 g/mol. The third-order valence-electron chi connectivity index (χ3n) is 3.34. The Morgan fingerprint density at radius 3 is 2.52 bits per heavy atom. The van der Waals surface area contributed by atoms with E-state index in [2.05, 4.69) is 9.89 Å². The molecule has 0 spiro atoms. The summed E-state index contributed by atoms with van der Waals surface area (Å²) in [6.07, 6.45) is 4.48. The number of rotatable bonds is 5. The van der Waals surface area contributed by atoms with Gasteiger partial charge < -0.3 is 15.4 Å². The maximum absolute atomic E-state index is 12.7. The number of nitrogens with zero attached hydrogens (tertiary/aromatic N) is 2. The van der Waals surface area contributed by atoms with Crippen LogP contribution in [0.1, 0.15) is 25.7 Å². The van der Waals surface area contributed by atoms with Crippen LogP contribution < -0.4 is 10.5 Å². The number of hydrogen-bond acceptors (Lipinski definition) is 2. The predicted octanol–water partition coefficient (Wildman–Crippen LogP) is 3.01. The van der Waals surface area contributed by atoms with E-state index in [9.17, 15) is 4.39 Å². The van der Waals surface area contributed by atoms with Crippen LogP contribution in [0.2, 0.25) is 0 Å². The van der Waals surface area contributed by atoms with Gasteiger partial charge in [0, 0.05) is 26.1 Å². The Labute approximate surface area is 142 Å². The van der Waals surface area contributed by atoms with Gasteiger partial charge in [-0.25, -0.2) is 4.39 Å². The van der Waals surface area contributed by atoms with Crippen molar-refractivity contribution in [1.82, 2.24) is 4.90 Å².